The van der Waals surface area contributed by atoms with Gasteiger partial charge in [0.05, 0.1) is 15.4 Å². The zero-order chi connectivity index (χ0) is 24.4. The van der Waals surface area contributed by atoms with Crippen molar-refractivity contribution in [3.05, 3.63) is 47.5 Å². The number of alkyl halides is 3. The lowest BCUT2D eigenvalue weighted by Gasteiger charge is -2.14. The highest BCUT2D eigenvalue weighted by atomic mass is 32.2. The number of aliphatic carboxylic acids is 1. The van der Waals surface area contributed by atoms with Gasteiger partial charge in [0.15, 0.2) is 0 Å². The fraction of sp³-hybridized carbons (Fsp3) is 0.125. The number of carbonyl (C=O) groups is 2. The molecule has 1 amide bonds. The molecule has 2 rings (SSSR count). The summed E-state index contributed by atoms with van der Waals surface area (Å²) in [6.45, 7) is -0.849. The van der Waals surface area contributed by atoms with Crippen LogP contribution in [0, 0.1) is 0 Å². The van der Waals surface area contributed by atoms with Crippen LogP contribution in [0.5, 0.6) is 0 Å². The molecule has 0 fully saturated rings. The molecular formula is C16H14B2F3NO9S. The molecule has 2 aromatic rings. The average molecular weight is 475 g/mol. The minimum atomic E-state index is -5.04. The molecule has 0 unspecified atom stereocenters. The molecule has 16 heteroatoms. The van der Waals surface area contributed by atoms with Crippen LogP contribution in [0.1, 0.15) is 15.9 Å². The molecule has 0 aliphatic carbocycles. The molecule has 2 aromatic carbocycles. The van der Waals surface area contributed by atoms with Gasteiger partial charge in [-0.1, -0.05) is 6.07 Å². The lowest BCUT2D eigenvalue weighted by Crippen LogP contribution is -2.34. The van der Waals surface area contributed by atoms with Crippen molar-refractivity contribution in [2.24, 2.45) is 0 Å². The van der Waals surface area contributed by atoms with Crippen LogP contribution >= 0.6 is 0 Å². The molecule has 10 nitrogen and oxygen atoms in total. The van der Waals surface area contributed by atoms with Crippen LogP contribution in [0.4, 0.5) is 13.2 Å². The topological polar surface area (TPSA) is 181 Å². The van der Waals surface area contributed by atoms with Crippen molar-refractivity contribution < 1.29 is 56.4 Å². The SMILES string of the molecule is O=C(O)CNC(=O)c1cc(B(O)O)cc(S(=O)(=O)c2cc(B(O)O)cc(C(F)(F)F)c2)c1. The largest absolute Gasteiger partial charge is 0.488 e. The Kier molecular flexibility index (Phi) is 7.36. The smallest absolute Gasteiger partial charge is 0.480 e. The second-order valence-electron chi connectivity index (χ2n) is 6.41. The fourth-order valence-electron chi connectivity index (χ4n) is 2.54. The third-order valence-corrected chi connectivity index (χ3v) is 5.78. The van der Waals surface area contributed by atoms with Crippen LogP contribution in [0.3, 0.4) is 0 Å². The van der Waals surface area contributed by atoms with Gasteiger partial charge in [-0.3, -0.25) is 9.59 Å². The Balaban J connectivity index is 2.69. The zero-order valence-corrected chi connectivity index (χ0v) is 16.6. The summed E-state index contributed by atoms with van der Waals surface area (Å²) >= 11 is 0. The molecular weight excluding hydrogens is 461 g/mol. The van der Waals surface area contributed by atoms with Gasteiger partial charge >= 0.3 is 26.4 Å². The molecule has 170 valence electrons. The first-order valence-electron chi connectivity index (χ1n) is 8.47. The average Bonchev–Trinajstić information content (AvgIpc) is 2.70. The first-order chi connectivity index (χ1) is 14.6. The van der Waals surface area contributed by atoms with Gasteiger partial charge in [-0.25, -0.2) is 8.42 Å². The number of nitrogens with one attached hydrogen (secondary N) is 1. The highest BCUT2D eigenvalue weighted by Gasteiger charge is 2.34. The molecule has 0 spiro atoms. The zero-order valence-electron chi connectivity index (χ0n) is 15.7. The highest BCUT2D eigenvalue weighted by molar-refractivity contribution is 7.91. The quantitative estimate of drug-likeness (QED) is 0.240. The summed E-state index contributed by atoms with van der Waals surface area (Å²) in [5, 5.41) is 47.8. The minimum absolute atomic E-state index is 0.230. The Morgan fingerprint density at radius 3 is 1.84 bits per heavy atom. The van der Waals surface area contributed by atoms with Gasteiger partial charge in [-0.15, -0.1) is 0 Å². The highest BCUT2D eigenvalue weighted by Crippen LogP contribution is 2.31. The number of hydrogen-bond donors (Lipinski definition) is 6. The van der Waals surface area contributed by atoms with E-state index in [1.165, 1.54) is 0 Å². The van der Waals surface area contributed by atoms with Crippen molar-refractivity contribution in [3.63, 3.8) is 0 Å². The number of benzene rings is 2. The molecule has 32 heavy (non-hydrogen) atoms. The van der Waals surface area contributed by atoms with Crippen molar-refractivity contribution in [2.75, 3.05) is 6.54 Å². The summed E-state index contributed by atoms with van der Waals surface area (Å²) in [4.78, 5) is 20.9. The number of carboxylic acids is 1. The van der Waals surface area contributed by atoms with Crippen LogP contribution in [-0.4, -0.2) is 66.3 Å². The second-order valence-corrected chi connectivity index (χ2v) is 8.36. The maximum Gasteiger partial charge on any atom is 0.488 e. The van der Waals surface area contributed by atoms with Crippen molar-refractivity contribution in [2.45, 2.75) is 16.0 Å². The Hall–Kier alpha value is -2.91. The maximum atomic E-state index is 13.2. The second kappa shape index (κ2) is 9.30. The van der Waals surface area contributed by atoms with Gasteiger partial charge in [0, 0.05) is 5.56 Å². The third kappa shape index (κ3) is 5.86. The third-order valence-electron chi connectivity index (χ3n) is 4.06. The lowest BCUT2D eigenvalue weighted by molar-refractivity contribution is -0.138. The maximum absolute atomic E-state index is 13.2. The normalized spacial score (nSPS) is 11.7. The number of hydrogen-bond acceptors (Lipinski definition) is 8. The van der Waals surface area contributed by atoms with Gasteiger partial charge in [0.1, 0.15) is 6.54 Å². The van der Waals surface area contributed by atoms with Gasteiger partial charge in [-0.2, -0.15) is 13.2 Å². The fourth-order valence-corrected chi connectivity index (χ4v) is 3.96. The number of carboxylic acid groups (broad SMARTS) is 1. The number of rotatable bonds is 7. The Labute approximate surface area is 179 Å². The van der Waals surface area contributed by atoms with Crippen LogP contribution in [0.2, 0.25) is 0 Å². The predicted octanol–water partition coefficient (Wildman–Crippen LogP) is -2.29. The summed E-state index contributed by atoms with van der Waals surface area (Å²) in [6, 6.07) is 3.35. The van der Waals surface area contributed by atoms with E-state index in [1.54, 1.807) is 0 Å². The number of halogens is 3. The Morgan fingerprint density at radius 2 is 1.38 bits per heavy atom. The van der Waals surface area contributed by atoms with E-state index in [-0.39, 0.29) is 6.07 Å². The standard InChI is InChI=1S/C16H14B2F3NO9S/c19-16(20,21)9-3-11(18(28)29)6-13(4-9)32(30,31)12-2-8(1-10(5-12)17(26)27)15(25)22-7-14(23)24/h1-6,26-29H,7H2,(H,22,25)(H,23,24). The molecule has 0 atom stereocenters. The van der Waals surface area contributed by atoms with Crippen molar-refractivity contribution in [1.82, 2.24) is 5.32 Å². The molecule has 0 bridgehead atoms. The van der Waals surface area contributed by atoms with Crippen LogP contribution < -0.4 is 16.2 Å². The van der Waals surface area contributed by atoms with Gasteiger partial charge in [-0.05, 0) is 41.3 Å². The lowest BCUT2D eigenvalue weighted by atomic mass is 9.79. The Bertz CT molecular complexity index is 1150. The molecule has 0 saturated carbocycles. The van der Waals surface area contributed by atoms with Gasteiger partial charge < -0.3 is 30.5 Å². The van der Waals surface area contributed by atoms with Crippen molar-refractivity contribution in [3.8, 4) is 0 Å². The van der Waals surface area contributed by atoms with E-state index in [1.807, 2.05) is 5.32 Å². The van der Waals surface area contributed by atoms with E-state index in [4.69, 9.17) is 5.11 Å². The number of amides is 1. The molecule has 0 saturated heterocycles. The molecule has 0 aliphatic rings. The van der Waals surface area contributed by atoms with E-state index in [0.29, 0.717) is 24.3 Å². The molecule has 6 N–H and O–H groups in total. The van der Waals surface area contributed by atoms with E-state index in [0.717, 1.165) is 6.07 Å². The van der Waals surface area contributed by atoms with Crippen molar-refractivity contribution in [1.29, 1.82) is 0 Å². The first kappa shape index (κ1) is 25.4. The summed E-state index contributed by atoms with van der Waals surface area (Å²) in [7, 11) is -9.58. The van der Waals surface area contributed by atoms with Crippen LogP contribution in [0.15, 0.2) is 46.2 Å². The molecule has 0 aliphatic heterocycles. The van der Waals surface area contributed by atoms with E-state index < -0.39 is 80.5 Å². The first-order valence-corrected chi connectivity index (χ1v) is 9.95. The van der Waals surface area contributed by atoms with Crippen LogP contribution in [-0.2, 0) is 20.8 Å². The van der Waals surface area contributed by atoms with Gasteiger partial charge in [0.2, 0.25) is 9.84 Å². The predicted molar refractivity (Wildman–Crippen MR) is 103 cm³/mol. The van der Waals surface area contributed by atoms with Crippen molar-refractivity contribution >= 4 is 46.9 Å². The van der Waals surface area contributed by atoms with E-state index in [9.17, 15) is 51.3 Å². The summed E-state index contributed by atoms with van der Waals surface area (Å²) in [5.41, 5.74) is -3.33. The summed E-state index contributed by atoms with van der Waals surface area (Å²) < 4.78 is 65.5. The summed E-state index contributed by atoms with van der Waals surface area (Å²) in [5.74, 6) is -2.54. The van der Waals surface area contributed by atoms with E-state index >= 15 is 0 Å². The molecule has 0 heterocycles. The van der Waals surface area contributed by atoms with E-state index in [2.05, 4.69) is 0 Å². The van der Waals surface area contributed by atoms with Gasteiger partial charge in [0.25, 0.3) is 5.91 Å². The summed E-state index contributed by atoms with van der Waals surface area (Å²) in [6.07, 6.45) is -5.04. The molecule has 0 radical (unpaired) electrons. The van der Waals surface area contributed by atoms with Crippen LogP contribution in [0.25, 0.3) is 0 Å². The number of carbonyl (C=O) groups excluding carboxylic acids is 1. The Morgan fingerprint density at radius 1 is 0.875 bits per heavy atom. The monoisotopic (exact) mass is 475 g/mol. The number of sulfone groups is 1. The minimum Gasteiger partial charge on any atom is -0.480 e. The molecule has 0 aromatic heterocycles.